The summed E-state index contributed by atoms with van der Waals surface area (Å²) in [6.45, 7) is 2.31. The van der Waals surface area contributed by atoms with Crippen molar-refractivity contribution < 1.29 is 5.11 Å². The van der Waals surface area contributed by atoms with Gasteiger partial charge in [-0.05, 0) is 19.8 Å². The Kier molecular flexibility index (Phi) is 5.40. The SMILES string of the molecule is C[C@@H](CO)NC1CCCCCCC1. The average Bonchev–Trinajstić information content (AvgIpc) is 2.09. The molecule has 0 aromatic rings. The van der Waals surface area contributed by atoms with Crippen molar-refractivity contribution in [1.29, 1.82) is 0 Å². The summed E-state index contributed by atoms with van der Waals surface area (Å²) < 4.78 is 0. The number of rotatable bonds is 3. The normalized spacial score (nSPS) is 23.5. The van der Waals surface area contributed by atoms with Crippen molar-refractivity contribution >= 4 is 0 Å². The number of hydrogen-bond donors (Lipinski definition) is 2. The molecule has 0 radical (unpaired) electrons. The van der Waals surface area contributed by atoms with E-state index in [-0.39, 0.29) is 12.6 Å². The summed E-state index contributed by atoms with van der Waals surface area (Å²) in [5, 5.41) is 12.4. The van der Waals surface area contributed by atoms with Gasteiger partial charge in [-0.15, -0.1) is 0 Å². The molecule has 0 bridgehead atoms. The molecular weight excluding hydrogens is 162 g/mol. The van der Waals surface area contributed by atoms with Gasteiger partial charge >= 0.3 is 0 Å². The van der Waals surface area contributed by atoms with Gasteiger partial charge in [-0.3, -0.25) is 0 Å². The fraction of sp³-hybridized carbons (Fsp3) is 1.00. The first-order valence-electron chi connectivity index (χ1n) is 5.70. The van der Waals surface area contributed by atoms with Gasteiger partial charge in [-0.25, -0.2) is 0 Å². The van der Waals surface area contributed by atoms with E-state index < -0.39 is 0 Å². The predicted molar refractivity (Wildman–Crippen MR) is 55.8 cm³/mol. The first-order chi connectivity index (χ1) is 6.33. The number of aliphatic hydroxyl groups is 1. The third kappa shape index (κ3) is 4.63. The molecule has 0 saturated heterocycles. The minimum atomic E-state index is 0.260. The van der Waals surface area contributed by atoms with Crippen LogP contribution in [0.4, 0.5) is 0 Å². The number of hydrogen-bond acceptors (Lipinski definition) is 2. The van der Waals surface area contributed by atoms with Crippen molar-refractivity contribution in [3.63, 3.8) is 0 Å². The highest BCUT2D eigenvalue weighted by Gasteiger charge is 2.12. The fourth-order valence-electron chi connectivity index (χ4n) is 2.08. The van der Waals surface area contributed by atoms with E-state index in [1.165, 1.54) is 44.9 Å². The number of nitrogens with one attached hydrogen (secondary N) is 1. The molecule has 0 amide bonds. The maximum Gasteiger partial charge on any atom is 0.0582 e. The molecule has 1 aliphatic rings. The highest BCUT2D eigenvalue weighted by Crippen LogP contribution is 2.17. The van der Waals surface area contributed by atoms with Crippen molar-refractivity contribution in [3.8, 4) is 0 Å². The zero-order valence-electron chi connectivity index (χ0n) is 8.76. The Hall–Kier alpha value is -0.0800. The van der Waals surface area contributed by atoms with Crippen LogP contribution in [0.5, 0.6) is 0 Å². The summed E-state index contributed by atoms with van der Waals surface area (Å²) in [5.41, 5.74) is 0. The van der Waals surface area contributed by atoms with Gasteiger partial charge in [-0.1, -0.05) is 32.1 Å². The van der Waals surface area contributed by atoms with Gasteiger partial charge in [0.05, 0.1) is 6.61 Å². The molecule has 13 heavy (non-hydrogen) atoms. The van der Waals surface area contributed by atoms with E-state index in [0.29, 0.717) is 6.04 Å². The second kappa shape index (κ2) is 6.39. The van der Waals surface area contributed by atoms with Crippen LogP contribution in [-0.4, -0.2) is 23.8 Å². The van der Waals surface area contributed by atoms with Crippen LogP contribution >= 0.6 is 0 Å². The molecule has 0 aliphatic heterocycles. The third-order valence-corrected chi connectivity index (χ3v) is 2.90. The van der Waals surface area contributed by atoms with Gasteiger partial charge in [0.15, 0.2) is 0 Å². The molecular formula is C11H23NO. The maximum absolute atomic E-state index is 8.93. The largest absolute Gasteiger partial charge is 0.395 e. The first kappa shape index (κ1) is 11.0. The molecule has 0 spiro atoms. The molecule has 0 unspecified atom stereocenters. The molecule has 78 valence electrons. The quantitative estimate of drug-likeness (QED) is 0.705. The lowest BCUT2D eigenvalue weighted by Gasteiger charge is -2.24. The van der Waals surface area contributed by atoms with E-state index in [1.807, 2.05) is 0 Å². The lowest BCUT2D eigenvalue weighted by molar-refractivity contribution is 0.231. The summed E-state index contributed by atoms with van der Waals surface area (Å²) in [7, 11) is 0. The minimum Gasteiger partial charge on any atom is -0.395 e. The van der Waals surface area contributed by atoms with Crippen LogP contribution in [0.15, 0.2) is 0 Å². The van der Waals surface area contributed by atoms with E-state index in [0.717, 1.165) is 0 Å². The Morgan fingerprint density at radius 3 is 2.23 bits per heavy atom. The van der Waals surface area contributed by atoms with Crippen LogP contribution in [0.3, 0.4) is 0 Å². The van der Waals surface area contributed by atoms with Crippen molar-refractivity contribution in [2.24, 2.45) is 0 Å². The zero-order chi connectivity index (χ0) is 9.52. The van der Waals surface area contributed by atoms with Crippen LogP contribution in [0.2, 0.25) is 0 Å². The summed E-state index contributed by atoms with van der Waals surface area (Å²) in [6, 6.07) is 0.923. The molecule has 1 atom stereocenters. The third-order valence-electron chi connectivity index (χ3n) is 2.90. The van der Waals surface area contributed by atoms with Crippen LogP contribution in [0, 0.1) is 0 Å². The second-order valence-corrected chi connectivity index (χ2v) is 4.29. The standard InChI is InChI=1S/C11H23NO/c1-10(9-13)12-11-7-5-3-2-4-6-8-11/h10-13H,2-9H2,1H3/t10-/m0/s1. The topological polar surface area (TPSA) is 32.3 Å². The zero-order valence-corrected chi connectivity index (χ0v) is 8.76. The van der Waals surface area contributed by atoms with Gasteiger partial charge < -0.3 is 10.4 Å². The lowest BCUT2D eigenvalue weighted by Crippen LogP contribution is -2.38. The maximum atomic E-state index is 8.93. The molecule has 1 fully saturated rings. The van der Waals surface area contributed by atoms with Crippen LogP contribution < -0.4 is 5.32 Å². The van der Waals surface area contributed by atoms with Crippen LogP contribution in [0.25, 0.3) is 0 Å². The summed E-state index contributed by atoms with van der Waals surface area (Å²) in [4.78, 5) is 0. The lowest BCUT2D eigenvalue weighted by atomic mass is 9.96. The Labute approximate surface area is 81.7 Å². The van der Waals surface area contributed by atoms with E-state index in [2.05, 4.69) is 12.2 Å². The Bertz CT molecular complexity index is 119. The van der Waals surface area contributed by atoms with Crippen LogP contribution in [0.1, 0.15) is 51.9 Å². The Balaban J connectivity index is 2.21. The van der Waals surface area contributed by atoms with E-state index in [4.69, 9.17) is 5.11 Å². The minimum absolute atomic E-state index is 0.260. The predicted octanol–water partition coefficient (Wildman–Crippen LogP) is 2.07. The summed E-state index contributed by atoms with van der Waals surface area (Å²) in [5.74, 6) is 0. The molecule has 0 aromatic heterocycles. The van der Waals surface area contributed by atoms with Crippen molar-refractivity contribution in [3.05, 3.63) is 0 Å². The molecule has 1 aliphatic carbocycles. The molecule has 0 aromatic carbocycles. The number of aliphatic hydroxyl groups excluding tert-OH is 1. The molecule has 2 heteroatoms. The molecule has 0 heterocycles. The average molecular weight is 185 g/mol. The molecule has 1 saturated carbocycles. The first-order valence-corrected chi connectivity index (χ1v) is 5.70. The van der Waals surface area contributed by atoms with E-state index in [9.17, 15) is 0 Å². The van der Waals surface area contributed by atoms with Gasteiger partial charge in [-0.2, -0.15) is 0 Å². The molecule has 2 nitrogen and oxygen atoms in total. The van der Waals surface area contributed by atoms with E-state index in [1.54, 1.807) is 0 Å². The van der Waals surface area contributed by atoms with E-state index >= 15 is 0 Å². The highest BCUT2D eigenvalue weighted by atomic mass is 16.3. The molecule has 1 rings (SSSR count). The Morgan fingerprint density at radius 2 is 1.69 bits per heavy atom. The van der Waals surface area contributed by atoms with Crippen molar-refractivity contribution in [2.45, 2.75) is 64.0 Å². The second-order valence-electron chi connectivity index (χ2n) is 4.29. The van der Waals surface area contributed by atoms with Gasteiger partial charge in [0.25, 0.3) is 0 Å². The van der Waals surface area contributed by atoms with Crippen LogP contribution in [-0.2, 0) is 0 Å². The van der Waals surface area contributed by atoms with Gasteiger partial charge in [0, 0.05) is 12.1 Å². The van der Waals surface area contributed by atoms with Crippen molar-refractivity contribution in [2.75, 3.05) is 6.61 Å². The summed E-state index contributed by atoms with van der Waals surface area (Å²) >= 11 is 0. The van der Waals surface area contributed by atoms with Gasteiger partial charge in [0.1, 0.15) is 0 Å². The highest BCUT2D eigenvalue weighted by molar-refractivity contribution is 4.72. The Morgan fingerprint density at radius 1 is 1.15 bits per heavy atom. The molecule has 2 N–H and O–H groups in total. The van der Waals surface area contributed by atoms with Gasteiger partial charge in [0.2, 0.25) is 0 Å². The fourth-order valence-corrected chi connectivity index (χ4v) is 2.08. The van der Waals surface area contributed by atoms with Crippen molar-refractivity contribution in [1.82, 2.24) is 5.32 Å². The summed E-state index contributed by atoms with van der Waals surface area (Å²) in [6.07, 6.45) is 9.51. The monoisotopic (exact) mass is 185 g/mol. The smallest absolute Gasteiger partial charge is 0.0582 e.